The lowest BCUT2D eigenvalue weighted by atomic mass is 9.81. The largest absolute Gasteiger partial charge is 0.492 e. The Morgan fingerprint density at radius 2 is 1.85 bits per heavy atom. The molecule has 3 rings (SSSR count). The van der Waals surface area contributed by atoms with Crippen LogP contribution in [-0.4, -0.2) is 48.6 Å². The number of nitrogens with zero attached hydrogens (tertiary/aromatic N) is 1. The smallest absolute Gasteiger partial charge is 0.240 e. The number of nitrogens with two attached hydrogens (primary N) is 1. The van der Waals surface area contributed by atoms with E-state index < -0.39 is 5.54 Å². The van der Waals surface area contributed by atoms with Crippen LogP contribution >= 0.6 is 11.6 Å². The number of amides is 1. The summed E-state index contributed by atoms with van der Waals surface area (Å²) in [5.41, 5.74) is 5.69. The second kappa shape index (κ2) is 9.07. The lowest BCUT2D eigenvalue weighted by molar-refractivity contribution is -0.128. The van der Waals surface area contributed by atoms with Crippen molar-refractivity contribution in [2.45, 2.75) is 56.5 Å². The fourth-order valence-corrected chi connectivity index (χ4v) is 3.99. The van der Waals surface area contributed by atoms with Gasteiger partial charge in [-0.15, -0.1) is 0 Å². The van der Waals surface area contributed by atoms with Gasteiger partial charge in [-0.25, -0.2) is 0 Å². The Balaban J connectivity index is 1.35. The van der Waals surface area contributed by atoms with E-state index in [-0.39, 0.29) is 11.9 Å². The van der Waals surface area contributed by atoms with Crippen molar-refractivity contribution < 1.29 is 9.53 Å². The number of halogens is 1. The van der Waals surface area contributed by atoms with E-state index in [9.17, 15) is 4.79 Å². The van der Waals surface area contributed by atoms with Gasteiger partial charge in [-0.3, -0.25) is 9.69 Å². The lowest BCUT2D eigenvalue weighted by Crippen LogP contribution is -2.58. The number of nitrogens with one attached hydrogen (secondary N) is 1. The van der Waals surface area contributed by atoms with Crippen molar-refractivity contribution >= 4 is 17.5 Å². The van der Waals surface area contributed by atoms with Crippen LogP contribution in [0.2, 0.25) is 5.02 Å². The first kappa shape index (κ1) is 19.5. The molecule has 1 aromatic rings. The highest BCUT2D eigenvalue weighted by atomic mass is 35.5. The molecule has 0 aromatic heterocycles. The molecule has 144 valence electrons. The Morgan fingerprint density at radius 3 is 2.50 bits per heavy atom. The zero-order valence-electron chi connectivity index (χ0n) is 15.4. The van der Waals surface area contributed by atoms with Gasteiger partial charge in [0, 0.05) is 30.7 Å². The Labute approximate surface area is 161 Å². The van der Waals surface area contributed by atoms with E-state index in [4.69, 9.17) is 22.1 Å². The Hall–Kier alpha value is -1.30. The van der Waals surface area contributed by atoms with Crippen LogP contribution in [0.1, 0.15) is 44.9 Å². The third-order valence-electron chi connectivity index (χ3n) is 5.61. The van der Waals surface area contributed by atoms with Crippen LogP contribution in [0.25, 0.3) is 0 Å². The first-order valence-electron chi connectivity index (χ1n) is 9.76. The zero-order valence-corrected chi connectivity index (χ0v) is 16.1. The average molecular weight is 380 g/mol. The summed E-state index contributed by atoms with van der Waals surface area (Å²) < 4.78 is 5.76. The number of hydrogen-bond donors (Lipinski definition) is 2. The van der Waals surface area contributed by atoms with Gasteiger partial charge in [0.15, 0.2) is 0 Å². The molecule has 0 atom stereocenters. The summed E-state index contributed by atoms with van der Waals surface area (Å²) in [4.78, 5) is 14.9. The molecule has 0 unspecified atom stereocenters. The van der Waals surface area contributed by atoms with Crippen LogP contribution in [0.3, 0.4) is 0 Å². The summed E-state index contributed by atoms with van der Waals surface area (Å²) in [7, 11) is 0. The molecular weight excluding hydrogens is 350 g/mol. The van der Waals surface area contributed by atoms with Gasteiger partial charge in [-0.05, 0) is 49.9 Å². The van der Waals surface area contributed by atoms with Gasteiger partial charge >= 0.3 is 0 Å². The predicted octanol–water partition coefficient (Wildman–Crippen LogP) is 2.96. The monoisotopic (exact) mass is 379 g/mol. The second-order valence-electron chi connectivity index (χ2n) is 7.61. The maximum absolute atomic E-state index is 12.5. The molecule has 1 heterocycles. The van der Waals surface area contributed by atoms with Gasteiger partial charge in [0.05, 0.1) is 5.54 Å². The number of piperidine rings is 1. The Morgan fingerprint density at radius 1 is 1.19 bits per heavy atom. The van der Waals surface area contributed by atoms with Crippen molar-refractivity contribution in [3.63, 3.8) is 0 Å². The summed E-state index contributed by atoms with van der Waals surface area (Å²) in [6.45, 7) is 3.51. The third-order valence-corrected chi connectivity index (χ3v) is 5.86. The molecule has 1 saturated carbocycles. The molecule has 1 aromatic carbocycles. The topological polar surface area (TPSA) is 67.6 Å². The molecule has 1 saturated heterocycles. The summed E-state index contributed by atoms with van der Waals surface area (Å²) in [6, 6.07) is 7.69. The van der Waals surface area contributed by atoms with Crippen LogP contribution in [0, 0.1) is 0 Å². The predicted molar refractivity (Wildman–Crippen MR) is 105 cm³/mol. The van der Waals surface area contributed by atoms with Crippen molar-refractivity contribution in [1.29, 1.82) is 0 Å². The van der Waals surface area contributed by atoms with E-state index in [1.807, 2.05) is 24.3 Å². The van der Waals surface area contributed by atoms with Gasteiger partial charge in [0.1, 0.15) is 12.4 Å². The minimum Gasteiger partial charge on any atom is -0.492 e. The highest BCUT2D eigenvalue weighted by molar-refractivity contribution is 6.30. The first-order chi connectivity index (χ1) is 12.5. The fourth-order valence-electron chi connectivity index (χ4n) is 3.86. The molecule has 3 N–H and O–H groups in total. The van der Waals surface area contributed by atoms with Crippen molar-refractivity contribution in [1.82, 2.24) is 10.2 Å². The van der Waals surface area contributed by atoms with E-state index in [0.717, 1.165) is 63.9 Å². The average Bonchev–Trinajstić information content (AvgIpc) is 2.65. The fraction of sp³-hybridized carbons (Fsp3) is 0.650. The number of likely N-dealkylation sites (tertiary alicyclic amines) is 1. The van der Waals surface area contributed by atoms with Crippen LogP contribution in [-0.2, 0) is 4.79 Å². The third kappa shape index (κ3) is 5.35. The number of rotatable bonds is 6. The van der Waals surface area contributed by atoms with Crippen molar-refractivity contribution in [3.8, 4) is 5.75 Å². The van der Waals surface area contributed by atoms with Gasteiger partial charge in [0.25, 0.3) is 0 Å². The highest BCUT2D eigenvalue weighted by Gasteiger charge is 2.36. The molecule has 0 radical (unpaired) electrons. The van der Waals surface area contributed by atoms with Crippen molar-refractivity contribution in [2.24, 2.45) is 5.73 Å². The molecule has 6 heteroatoms. The maximum Gasteiger partial charge on any atom is 0.240 e. The molecule has 0 bridgehead atoms. The van der Waals surface area contributed by atoms with Crippen LogP contribution < -0.4 is 15.8 Å². The SMILES string of the molecule is NC1(C(=O)NC2CCN(CCOc3ccc(Cl)cc3)CC2)CCCCC1. The minimum absolute atomic E-state index is 0.0571. The number of ether oxygens (including phenoxy) is 1. The summed E-state index contributed by atoms with van der Waals surface area (Å²) in [5.74, 6) is 0.902. The van der Waals surface area contributed by atoms with Gasteiger partial charge in [-0.1, -0.05) is 30.9 Å². The van der Waals surface area contributed by atoms with Gasteiger partial charge in [-0.2, -0.15) is 0 Å². The zero-order chi connectivity index (χ0) is 18.4. The van der Waals surface area contributed by atoms with E-state index in [2.05, 4.69) is 10.2 Å². The van der Waals surface area contributed by atoms with Gasteiger partial charge < -0.3 is 15.8 Å². The summed E-state index contributed by atoms with van der Waals surface area (Å²) in [6.07, 6.45) is 6.92. The molecular formula is C20H30ClN3O2. The van der Waals surface area contributed by atoms with Crippen molar-refractivity contribution in [2.75, 3.05) is 26.2 Å². The Kier molecular flexibility index (Phi) is 6.79. The van der Waals surface area contributed by atoms with E-state index >= 15 is 0 Å². The minimum atomic E-state index is -0.637. The molecule has 1 aliphatic heterocycles. The first-order valence-corrected chi connectivity index (χ1v) is 10.1. The number of benzene rings is 1. The lowest BCUT2D eigenvalue weighted by Gasteiger charge is -2.36. The number of hydrogen-bond acceptors (Lipinski definition) is 4. The molecule has 5 nitrogen and oxygen atoms in total. The maximum atomic E-state index is 12.5. The molecule has 2 aliphatic rings. The number of carbonyl (C=O) groups is 1. The van der Waals surface area contributed by atoms with E-state index in [0.29, 0.717) is 11.6 Å². The van der Waals surface area contributed by atoms with Crippen LogP contribution in [0.15, 0.2) is 24.3 Å². The quantitative estimate of drug-likeness (QED) is 0.797. The van der Waals surface area contributed by atoms with Gasteiger partial charge in [0.2, 0.25) is 5.91 Å². The molecule has 2 fully saturated rings. The Bertz CT molecular complexity index is 579. The second-order valence-corrected chi connectivity index (χ2v) is 8.04. The van der Waals surface area contributed by atoms with E-state index in [1.165, 1.54) is 6.42 Å². The molecule has 0 spiro atoms. The number of carbonyl (C=O) groups excluding carboxylic acids is 1. The van der Waals surface area contributed by atoms with E-state index in [1.54, 1.807) is 0 Å². The normalized spacial score (nSPS) is 21.3. The van der Waals surface area contributed by atoms with Crippen LogP contribution in [0.5, 0.6) is 5.75 Å². The molecule has 1 aliphatic carbocycles. The molecule has 1 amide bonds. The standard InChI is InChI=1S/C20H30ClN3O2/c21-16-4-6-18(7-5-16)26-15-14-24-12-8-17(9-13-24)23-19(25)20(22)10-2-1-3-11-20/h4-7,17H,1-3,8-15,22H2,(H,23,25). The summed E-state index contributed by atoms with van der Waals surface area (Å²) >= 11 is 5.87. The molecule has 26 heavy (non-hydrogen) atoms. The van der Waals surface area contributed by atoms with Crippen LogP contribution in [0.4, 0.5) is 0 Å². The highest BCUT2D eigenvalue weighted by Crippen LogP contribution is 2.26. The van der Waals surface area contributed by atoms with Crippen molar-refractivity contribution in [3.05, 3.63) is 29.3 Å². The summed E-state index contributed by atoms with van der Waals surface area (Å²) in [5, 5.41) is 3.92.